The molecule has 0 fully saturated rings. The van der Waals surface area contributed by atoms with E-state index in [1.54, 1.807) is 48.2 Å². The van der Waals surface area contributed by atoms with Gasteiger partial charge in [0.25, 0.3) is 5.91 Å². The molecule has 0 aliphatic rings. The number of nitrogens with zero attached hydrogens (tertiary/aromatic N) is 2. The Morgan fingerprint density at radius 3 is 2.75 bits per heavy atom. The van der Waals surface area contributed by atoms with Crippen molar-refractivity contribution in [3.63, 3.8) is 0 Å². The number of thiazole rings is 1. The molecule has 8 heteroatoms. The number of carbonyl (C=O) groups is 1. The molecule has 0 atom stereocenters. The Kier molecular flexibility index (Phi) is 5.20. The molecule has 24 heavy (non-hydrogen) atoms. The maximum atomic E-state index is 12.6. The van der Waals surface area contributed by atoms with Crippen LogP contribution in [0.1, 0.15) is 16.2 Å². The molecule has 1 amide bonds. The number of anilines is 1. The Bertz CT molecular complexity index is 856. The van der Waals surface area contributed by atoms with Gasteiger partial charge in [0, 0.05) is 18.7 Å². The number of hydrogen-bond donors (Lipinski definition) is 1. The Balaban J connectivity index is 1.88. The molecule has 0 aliphatic carbocycles. The molecule has 3 rings (SSSR count). The molecule has 1 N–H and O–H groups in total. The van der Waals surface area contributed by atoms with Crippen molar-refractivity contribution in [2.24, 2.45) is 0 Å². The van der Waals surface area contributed by atoms with Crippen LogP contribution in [0.4, 0.5) is 5.13 Å². The lowest BCUT2D eigenvalue weighted by Crippen LogP contribution is -2.16. The average Bonchev–Trinajstić information content (AvgIpc) is 3.17. The van der Waals surface area contributed by atoms with Crippen LogP contribution in [0.5, 0.6) is 0 Å². The normalized spacial score (nSPS) is 10.8. The number of aromatic nitrogens is 2. The molecule has 1 aromatic carbocycles. The first kappa shape index (κ1) is 17.0. The quantitative estimate of drug-likeness (QED) is 0.700. The lowest BCUT2D eigenvalue weighted by Gasteiger charge is -2.12. The van der Waals surface area contributed by atoms with E-state index in [1.807, 2.05) is 5.38 Å². The molecule has 0 radical (unpaired) electrons. The molecule has 0 aliphatic heterocycles. The summed E-state index contributed by atoms with van der Waals surface area (Å²) in [7, 11) is 1.60. The molecule has 3 aromatic rings. The van der Waals surface area contributed by atoms with Crippen LogP contribution in [0.15, 0.2) is 41.9 Å². The standard InChI is InChI=1S/C16H13Cl2N3O2S/c1-23-8-10-9-24-16(19-10)20-15(22)13-6-3-7-21(13)14-11(17)4-2-5-12(14)18/h2-7,9H,8H2,1H3,(H,19,20,22). The number of halogens is 2. The van der Waals surface area contributed by atoms with Crippen molar-refractivity contribution in [2.45, 2.75) is 6.61 Å². The smallest absolute Gasteiger partial charge is 0.274 e. The van der Waals surface area contributed by atoms with Gasteiger partial charge in [-0.2, -0.15) is 0 Å². The van der Waals surface area contributed by atoms with Crippen LogP contribution >= 0.6 is 34.5 Å². The van der Waals surface area contributed by atoms with Gasteiger partial charge in [0.2, 0.25) is 0 Å². The van der Waals surface area contributed by atoms with Gasteiger partial charge >= 0.3 is 0 Å². The molecule has 5 nitrogen and oxygen atoms in total. The van der Waals surface area contributed by atoms with Gasteiger partial charge in [-0.25, -0.2) is 4.98 Å². The topological polar surface area (TPSA) is 56.1 Å². The summed E-state index contributed by atoms with van der Waals surface area (Å²) in [6.45, 7) is 0.401. The molecule has 0 saturated heterocycles. The van der Waals surface area contributed by atoms with Crippen LogP contribution in [0.25, 0.3) is 5.69 Å². The van der Waals surface area contributed by atoms with Gasteiger partial charge in [0.15, 0.2) is 5.13 Å². The van der Waals surface area contributed by atoms with E-state index in [9.17, 15) is 4.79 Å². The largest absolute Gasteiger partial charge is 0.378 e. The zero-order chi connectivity index (χ0) is 17.1. The number of nitrogens with one attached hydrogen (secondary N) is 1. The predicted octanol–water partition coefficient (Wildman–Crippen LogP) is 4.64. The molecule has 2 aromatic heterocycles. The maximum Gasteiger partial charge on any atom is 0.274 e. The van der Waals surface area contributed by atoms with Crippen molar-refractivity contribution < 1.29 is 9.53 Å². The minimum absolute atomic E-state index is 0.297. The fourth-order valence-corrected chi connectivity index (χ4v) is 3.49. The fourth-order valence-electron chi connectivity index (χ4n) is 2.22. The third kappa shape index (κ3) is 3.47. The zero-order valence-corrected chi connectivity index (χ0v) is 15.0. The summed E-state index contributed by atoms with van der Waals surface area (Å²) in [5.74, 6) is -0.297. The number of amides is 1. The summed E-state index contributed by atoms with van der Waals surface area (Å²) < 4.78 is 6.68. The van der Waals surface area contributed by atoms with Crippen LogP contribution in [-0.2, 0) is 11.3 Å². The van der Waals surface area contributed by atoms with E-state index in [1.165, 1.54) is 11.3 Å². The van der Waals surface area contributed by atoms with Crippen molar-refractivity contribution in [1.29, 1.82) is 0 Å². The number of benzene rings is 1. The Labute approximate surface area is 152 Å². The van der Waals surface area contributed by atoms with Gasteiger partial charge in [-0.15, -0.1) is 11.3 Å². The summed E-state index contributed by atoms with van der Waals surface area (Å²) in [6.07, 6.45) is 1.74. The van der Waals surface area contributed by atoms with Crippen molar-refractivity contribution >= 4 is 45.6 Å². The monoisotopic (exact) mass is 381 g/mol. The Hall–Kier alpha value is -1.86. The summed E-state index contributed by atoms with van der Waals surface area (Å²) >= 11 is 13.8. The first-order valence-corrected chi connectivity index (χ1v) is 8.60. The molecule has 0 saturated carbocycles. The SMILES string of the molecule is COCc1csc(NC(=O)c2cccn2-c2c(Cl)cccc2Cl)n1. The van der Waals surface area contributed by atoms with Crippen LogP contribution in [0, 0.1) is 0 Å². The molecular formula is C16H13Cl2N3O2S. The first-order chi connectivity index (χ1) is 11.6. The second kappa shape index (κ2) is 7.36. The number of rotatable bonds is 5. The predicted molar refractivity (Wildman–Crippen MR) is 96.6 cm³/mol. The second-order valence-electron chi connectivity index (χ2n) is 4.86. The van der Waals surface area contributed by atoms with E-state index in [0.29, 0.717) is 33.2 Å². The Morgan fingerprint density at radius 2 is 2.04 bits per heavy atom. The lowest BCUT2D eigenvalue weighted by molar-refractivity contribution is 0.102. The molecule has 0 spiro atoms. The van der Waals surface area contributed by atoms with Gasteiger partial charge in [-0.3, -0.25) is 10.1 Å². The van der Waals surface area contributed by atoms with Crippen molar-refractivity contribution in [2.75, 3.05) is 12.4 Å². The maximum absolute atomic E-state index is 12.6. The van der Waals surface area contributed by atoms with Crippen molar-refractivity contribution in [3.8, 4) is 5.69 Å². The van der Waals surface area contributed by atoms with E-state index < -0.39 is 0 Å². The molecule has 124 valence electrons. The van der Waals surface area contributed by atoms with E-state index in [2.05, 4.69) is 10.3 Å². The molecular weight excluding hydrogens is 369 g/mol. The second-order valence-corrected chi connectivity index (χ2v) is 6.54. The van der Waals surface area contributed by atoms with Gasteiger partial charge in [-0.05, 0) is 24.3 Å². The van der Waals surface area contributed by atoms with Crippen LogP contribution < -0.4 is 5.32 Å². The highest BCUT2D eigenvalue weighted by Gasteiger charge is 2.17. The van der Waals surface area contributed by atoms with E-state index >= 15 is 0 Å². The summed E-state index contributed by atoms with van der Waals surface area (Å²) in [6, 6.07) is 8.65. The Morgan fingerprint density at radius 1 is 1.29 bits per heavy atom. The van der Waals surface area contributed by atoms with Gasteiger partial charge in [0.1, 0.15) is 5.69 Å². The van der Waals surface area contributed by atoms with Gasteiger partial charge < -0.3 is 9.30 Å². The third-order valence-electron chi connectivity index (χ3n) is 3.22. The van der Waals surface area contributed by atoms with Gasteiger partial charge in [0.05, 0.1) is 28.0 Å². The first-order valence-electron chi connectivity index (χ1n) is 6.96. The van der Waals surface area contributed by atoms with Crippen LogP contribution in [0.2, 0.25) is 10.0 Å². The summed E-state index contributed by atoms with van der Waals surface area (Å²) in [5, 5.41) is 6.04. The minimum Gasteiger partial charge on any atom is -0.378 e. The summed E-state index contributed by atoms with van der Waals surface area (Å²) in [5.41, 5.74) is 1.74. The number of carbonyl (C=O) groups excluding carboxylic acids is 1. The lowest BCUT2D eigenvalue weighted by atomic mass is 10.3. The number of para-hydroxylation sites is 1. The zero-order valence-electron chi connectivity index (χ0n) is 12.6. The highest BCUT2D eigenvalue weighted by atomic mass is 35.5. The van der Waals surface area contributed by atoms with E-state index in [0.717, 1.165) is 5.69 Å². The third-order valence-corrected chi connectivity index (χ3v) is 4.64. The molecule has 0 unspecified atom stereocenters. The molecule has 2 heterocycles. The summed E-state index contributed by atoms with van der Waals surface area (Å²) in [4.78, 5) is 16.9. The van der Waals surface area contributed by atoms with Crippen LogP contribution in [-0.4, -0.2) is 22.6 Å². The van der Waals surface area contributed by atoms with Crippen LogP contribution in [0.3, 0.4) is 0 Å². The highest BCUT2D eigenvalue weighted by Crippen LogP contribution is 2.30. The van der Waals surface area contributed by atoms with Crippen molar-refractivity contribution in [3.05, 3.63) is 63.3 Å². The van der Waals surface area contributed by atoms with Crippen molar-refractivity contribution in [1.82, 2.24) is 9.55 Å². The minimum atomic E-state index is -0.297. The van der Waals surface area contributed by atoms with E-state index in [-0.39, 0.29) is 5.91 Å². The number of ether oxygens (including phenoxy) is 1. The average molecular weight is 382 g/mol. The van der Waals surface area contributed by atoms with E-state index in [4.69, 9.17) is 27.9 Å². The number of methoxy groups -OCH3 is 1. The van der Waals surface area contributed by atoms with Gasteiger partial charge in [-0.1, -0.05) is 29.3 Å². The fraction of sp³-hybridized carbons (Fsp3) is 0.125. The molecule has 0 bridgehead atoms. The number of hydrogen-bond acceptors (Lipinski definition) is 4. The highest BCUT2D eigenvalue weighted by molar-refractivity contribution is 7.13.